The number of carbonyl (C=O) groups is 2. The van der Waals surface area contributed by atoms with Crippen molar-refractivity contribution in [2.75, 3.05) is 18.4 Å². The molecule has 21 heavy (non-hydrogen) atoms. The monoisotopic (exact) mass is 292 g/mol. The number of halogens is 1. The maximum atomic E-state index is 13.7. The van der Waals surface area contributed by atoms with E-state index in [2.05, 4.69) is 10.6 Å². The van der Waals surface area contributed by atoms with E-state index in [9.17, 15) is 14.0 Å². The lowest BCUT2D eigenvalue weighted by atomic mass is 9.92. The Morgan fingerprint density at radius 3 is 2.71 bits per heavy atom. The van der Waals surface area contributed by atoms with Crippen LogP contribution >= 0.6 is 0 Å². The van der Waals surface area contributed by atoms with Crippen molar-refractivity contribution in [2.45, 2.75) is 19.3 Å². The lowest BCUT2D eigenvalue weighted by molar-refractivity contribution is -0.118. The quantitative estimate of drug-likeness (QED) is 0.794. The molecule has 0 radical (unpaired) electrons. The number of nitrogens with one attached hydrogen (secondary N) is 2. The minimum absolute atomic E-state index is 0.0425. The standard InChI is InChI=1S/C15H17FN2O3/c16-11-2-1-9(14(20)21)7-12(11)18-13(19)10-8-15(10)3-5-17-6-4-15/h1-2,7,10,17H,3-6,8H2,(H,18,19)(H,20,21). The fourth-order valence-electron chi connectivity index (χ4n) is 3.17. The molecule has 3 rings (SSSR count). The molecule has 5 nitrogen and oxygen atoms in total. The lowest BCUT2D eigenvalue weighted by Gasteiger charge is -2.23. The van der Waals surface area contributed by atoms with Crippen LogP contribution in [-0.2, 0) is 4.79 Å². The number of carboxylic acid groups (broad SMARTS) is 1. The molecule has 1 unspecified atom stereocenters. The third kappa shape index (κ3) is 2.63. The molecule has 1 aliphatic carbocycles. The molecule has 112 valence electrons. The summed E-state index contributed by atoms with van der Waals surface area (Å²) >= 11 is 0. The Morgan fingerprint density at radius 2 is 2.05 bits per heavy atom. The smallest absolute Gasteiger partial charge is 0.335 e. The molecule has 0 aromatic heterocycles. The third-order valence-corrected chi connectivity index (χ3v) is 4.58. The van der Waals surface area contributed by atoms with Gasteiger partial charge in [-0.15, -0.1) is 0 Å². The van der Waals surface area contributed by atoms with Crippen molar-refractivity contribution < 1.29 is 19.1 Å². The van der Waals surface area contributed by atoms with Gasteiger partial charge in [-0.2, -0.15) is 0 Å². The van der Waals surface area contributed by atoms with Gasteiger partial charge < -0.3 is 15.7 Å². The molecular formula is C15H17FN2O3. The molecule has 6 heteroatoms. The van der Waals surface area contributed by atoms with Crippen molar-refractivity contribution >= 4 is 17.6 Å². The minimum Gasteiger partial charge on any atom is -0.478 e. The van der Waals surface area contributed by atoms with Crippen molar-refractivity contribution in [3.63, 3.8) is 0 Å². The Bertz CT molecular complexity index is 597. The fraction of sp³-hybridized carbons (Fsp3) is 0.467. The third-order valence-electron chi connectivity index (χ3n) is 4.58. The van der Waals surface area contributed by atoms with Crippen LogP contribution in [0.5, 0.6) is 0 Å². The molecule has 1 atom stereocenters. The summed E-state index contributed by atoms with van der Waals surface area (Å²) in [5.41, 5.74) is -0.0362. The molecule has 2 fully saturated rings. The Kier molecular flexibility index (Phi) is 3.41. The van der Waals surface area contributed by atoms with E-state index < -0.39 is 11.8 Å². The van der Waals surface area contributed by atoms with Crippen LogP contribution < -0.4 is 10.6 Å². The molecule has 2 aliphatic rings. The van der Waals surface area contributed by atoms with Gasteiger partial charge in [-0.3, -0.25) is 4.79 Å². The molecule has 0 bridgehead atoms. The summed E-state index contributed by atoms with van der Waals surface area (Å²) in [7, 11) is 0. The first-order chi connectivity index (χ1) is 10.0. The normalized spacial score (nSPS) is 22.8. The molecule has 3 N–H and O–H groups in total. The van der Waals surface area contributed by atoms with Gasteiger partial charge in [-0.25, -0.2) is 9.18 Å². The van der Waals surface area contributed by atoms with Crippen molar-refractivity contribution in [3.8, 4) is 0 Å². The maximum absolute atomic E-state index is 13.7. The zero-order valence-corrected chi connectivity index (χ0v) is 11.5. The number of rotatable bonds is 3. The number of benzene rings is 1. The number of hydrogen-bond acceptors (Lipinski definition) is 3. The summed E-state index contributed by atoms with van der Waals surface area (Å²) in [6.07, 6.45) is 2.76. The van der Waals surface area contributed by atoms with Gasteiger partial charge in [-0.1, -0.05) is 0 Å². The van der Waals surface area contributed by atoms with Crippen LogP contribution in [0, 0.1) is 17.2 Å². The summed E-state index contributed by atoms with van der Waals surface area (Å²) < 4.78 is 13.7. The molecule has 1 saturated carbocycles. The second-order valence-electron chi connectivity index (χ2n) is 5.86. The van der Waals surface area contributed by atoms with Gasteiger partial charge in [0.1, 0.15) is 5.82 Å². The highest BCUT2D eigenvalue weighted by Crippen LogP contribution is 2.58. The highest BCUT2D eigenvalue weighted by molar-refractivity contribution is 5.97. The largest absolute Gasteiger partial charge is 0.478 e. The second-order valence-corrected chi connectivity index (χ2v) is 5.86. The highest BCUT2D eigenvalue weighted by atomic mass is 19.1. The van der Waals surface area contributed by atoms with Gasteiger partial charge in [0.05, 0.1) is 11.3 Å². The van der Waals surface area contributed by atoms with Crippen molar-refractivity contribution in [1.82, 2.24) is 5.32 Å². The van der Waals surface area contributed by atoms with Gasteiger partial charge in [0.15, 0.2) is 0 Å². The van der Waals surface area contributed by atoms with Gasteiger partial charge in [0, 0.05) is 5.92 Å². The molecule has 1 aromatic carbocycles. The van der Waals surface area contributed by atoms with Crippen molar-refractivity contribution in [3.05, 3.63) is 29.6 Å². The summed E-state index contributed by atoms with van der Waals surface area (Å²) in [5.74, 6) is -2.06. The predicted molar refractivity (Wildman–Crippen MR) is 74.6 cm³/mol. The van der Waals surface area contributed by atoms with Gasteiger partial charge in [-0.05, 0) is 56.0 Å². The van der Waals surface area contributed by atoms with Crippen LogP contribution in [0.4, 0.5) is 10.1 Å². The first-order valence-corrected chi connectivity index (χ1v) is 7.06. The van der Waals surface area contributed by atoms with Gasteiger partial charge >= 0.3 is 5.97 Å². The Morgan fingerprint density at radius 1 is 1.33 bits per heavy atom. The summed E-state index contributed by atoms with van der Waals surface area (Å²) in [4.78, 5) is 23.1. The van der Waals surface area contributed by atoms with E-state index >= 15 is 0 Å². The SMILES string of the molecule is O=C(O)c1ccc(F)c(NC(=O)C2CC23CCNCC3)c1. The molecule has 1 amide bonds. The molecule has 1 saturated heterocycles. The van der Waals surface area contributed by atoms with Crippen LogP contribution in [0.2, 0.25) is 0 Å². The molecule has 1 aromatic rings. The Balaban J connectivity index is 1.71. The fourth-order valence-corrected chi connectivity index (χ4v) is 3.17. The first kappa shape index (κ1) is 14.0. The number of piperidine rings is 1. The Labute approximate surface area is 121 Å². The minimum atomic E-state index is -1.15. The van der Waals surface area contributed by atoms with Crippen LogP contribution in [0.15, 0.2) is 18.2 Å². The van der Waals surface area contributed by atoms with Crippen LogP contribution in [-0.4, -0.2) is 30.1 Å². The predicted octanol–water partition coefficient (Wildman–Crippen LogP) is 1.85. The summed E-state index contributed by atoms with van der Waals surface area (Å²) in [6.45, 7) is 1.82. The van der Waals surface area contributed by atoms with Crippen molar-refractivity contribution in [2.24, 2.45) is 11.3 Å². The van der Waals surface area contributed by atoms with E-state index in [0.29, 0.717) is 0 Å². The second kappa shape index (κ2) is 5.11. The number of carboxylic acids is 1. The van der Waals surface area contributed by atoms with E-state index in [-0.39, 0.29) is 28.5 Å². The van der Waals surface area contributed by atoms with E-state index in [1.807, 2.05) is 0 Å². The number of anilines is 1. The molecule has 1 spiro atoms. The maximum Gasteiger partial charge on any atom is 0.335 e. The zero-order valence-electron chi connectivity index (χ0n) is 11.5. The molecule has 1 heterocycles. The molecular weight excluding hydrogens is 275 g/mol. The average Bonchev–Trinajstić information content (AvgIpc) is 3.15. The van der Waals surface area contributed by atoms with Gasteiger partial charge in [0.2, 0.25) is 5.91 Å². The van der Waals surface area contributed by atoms with Crippen LogP contribution in [0.3, 0.4) is 0 Å². The van der Waals surface area contributed by atoms with E-state index in [0.717, 1.165) is 44.5 Å². The average molecular weight is 292 g/mol. The van der Waals surface area contributed by atoms with Crippen LogP contribution in [0.25, 0.3) is 0 Å². The summed E-state index contributed by atoms with van der Waals surface area (Å²) in [5, 5.41) is 14.7. The number of aromatic carboxylic acids is 1. The molecule has 1 aliphatic heterocycles. The zero-order chi connectivity index (χ0) is 15.0. The Hall–Kier alpha value is -1.95. The number of amides is 1. The highest BCUT2D eigenvalue weighted by Gasteiger charge is 2.57. The van der Waals surface area contributed by atoms with Gasteiger partial charge in [0.25, 0.3) is 0 Å². The first-order valence-electron chi connectivity index (χ1n) is 7.06. The summed E-state index contributed by atoms with van der Waals surface area (Å²) in [6, 6.07) is 3.40. The number of carbonyl (C=O) groups excluding carboxylic acids is 1. The van der Waals surface area contributed by atoms with E-state index in [1.54, 1.807) is 0 Å². The topological polar surface area (TPSA) is 78.4 Å². The number of hydrogen-bond donors (Lipinski definition) is 3. The van der Waals surface area contributed by atoms with Crippen molar-refractivity contribution in [1.29, 1.82) is 0 Å². The van der Waals surface area contributed by atoms with Crippen LogP contribution in [0.1, 0.15) is 29.6 Å². The van der Waals surface area contributed by atoms with E-state index in [1.165, 1.54) is 6.07 Å². The lowest BCUT2D eigenvalue weighted by Crippen LogP contribution is -2.31. The van der Waals surface area contributed by atoms with E-state index in [4.69, 9.17) is 5.11 Å².